The molecular formula is C13H15NO8. The van der Waals surface area contributed by atoms with Crippen LogP contribution in [0.1, 0.15) is 6.92 Å². The Morgan fingerprint density at radius 1 is 1.36 bits per heavy atom. The molecule has 0 spiro atoms. The number of nitro benzene ring substituents is 1. The van der Waals surface area contributed by atoms with Crippen LogP contribution < -0.4 is 4.74 Å². The van der Waals surface area contributed by atoms with E-state index >= 15 is 0 Å². The molecule has 0 saturated carbocycles. The Bertz CT molecular complexity index is 545. The molecule has 0 radical (unpaired) electrons. The molecule has 4 atom stereocenters. The van der Waals surface area contributed by atoms with Gasteiger partial charge in [-0.25, -0.2) is 0 Å². The van der Waals surface area contributed by atoms with Crippen LogP contribution in [0.15, 0.2) is 24.3 Å². The van der Waals surface area contributed by atoms with E-state index in [9.17, 15) is 25.1 Å². The van der Waals surface area contributed by atoms with E-state index in [-0.39, 0.29) is 18.0 Å². The molecule has 1 fully saturated rings. The van der Waals surface area contributed by atoms with Crippen molar-refractivity contribution in [2.75, 3.05) is 6.61 Å². The minimum Gasteiger partial charge on any atom is -0.462 e. The fraction of sp³-hybridized carbons (Fsp3) is 0.462. The number of aliphatic hydroxyl groups excluding tert-OH is 2. The maximum absolute atomic E-state index is 11.0. The van der Waals surface area contributed by atoms with Crippen molar-refractivity contribution in [2.45, 2.75) is 31.5 Å². The molecule has 0 aliphatic carbocycles. The lowest BCUT2D eigenvalue weighted by Gasteiger charge is -2.36. The molecule has 9 heteroatoms. The van der Waals surface area contributed by atoms with Crippen LogP contribution in [0.25, 0.3) is 0 Å². The molecule has 120 valence electrons. The van der Waals surface area contributed by atoms with Crippen molar-refractivity contribution >= 4 is 11.7 Å². The van der Waals surface area contributed by atoms with E-state index in [0.29, 0.717) is 0 Å². The molecule has 1 saturated heterocycles. The molecule has 0 unspecified atom stereocenters. The third kappa shape index (κ3) is 3.70. The van der Waals surface area contributed by atoms with Gasteiger partial charge >= 0.3 is 5.97 Å². The molecule has 9 nitrogen and oxygen atoms in total. The van der Waals surface area contributed by atoms with Gasteiger partial charge in [-0.05, 0) is 12.1 Å². The molecule has 0 aromatic heterocycles. The van der Waals surface area contributed by atoms with Crippen LogP contribution >= 0.6 is 0 Å². The number of carbonyl (C=O) groups excluding carboxylic acids is 1. The summed E-state index contributed by atoms with van der Waals surface area (Å²) in [6.07, 6.45) is -4.91. The first kappa shape index (κ1) is 16.1. The standard InChI is InChI=1S/C13H15NO8/c1-7(15)21-12-10(16)6-20-13(11(12)17)22-9-4-2-8(3-5-9)14(18)19/h2-5,10-13,16-17H,6H2,1H3/t10-,11-,12+,13+/m1/s1. The zero-order valence-corrected chi connectivity index (χ0v) is 11.6. The van der Waals surface area contributed by atoms with E-state index in [1.807, 2.05) is 0 Å². The van der Waals surface area contributed by atoms with Gasteiger partial charge in [-0.15, -0.1) is 0 Å². The average molecular weight is 313 g/mol. The molecule has 1 aromatic rings. The number of aliphatic hydroxyl groups is 2. The van der Waals surface area contributed by atoms with E-state index in [1.54, 1.807) is 0 Å². The highest BCUT2D eigenvalue weighted by Crippen LogP contribution is 2.24. The Kier molecular flexibility index (Phi) is 4.91. The fourth-order valence-corrected chi connectivity index (χ4v) is 1.99. The lowest BCUT2D eigenvalue weighted by Crippen LogP contribution is -2.56. The van der Waals surface area contributed by atoms with Crippen LogP contribution in [0.5, 0.6) is 5.75 Å². The molecule has 1 aliphatic heterocycles. The third-order valence-corrected chi connectivity index (χ3v) is 3.03. The zero-order valence-electron chi connectivity index (χ0n) is 11.6. The predicted molar refractivity (Wildman–Crippen MR) is 71.0 cm³/mol. The Labute approximate surface area is 125 Å². The second-order valence-electron chi connectivity index (χ2n) is 4.70. The lowest BCUT2D eigenvalue weighted by atomic mass is 10.1. The Morgan fingerprint density at radius 2 is 2.00 bits per heavy atom. The van der Waals surface area contributed by atoms with Crippen LogP contribution in [-0.4, -0.2) is 52.3 Å². The van der Waals surface area contributed by atoms with Crippen molar-refractivity contribution in [2.24, 2.45) is 0 Å². The highest BCUT2D eigenvalue weighted by molar-refractivity contribution is 5.66. The quantitative estimate of drug-likeness (QED) is 0.451. The monoisotopic (exact) mass is 313 g/mol. The number of nitrogens with zero attached hydrogens (tertiary/aromatic N) is 1. The van der Waals surface area contributed by atoms with E-state index in [1.165, 1.54) is 24.3 Å². The summed E-state index contributed by atoms with van der Waals surface area (Å²) in [4.78, 5) is 21.0. The van der Waals surface area contributed by atoms with Gasteiger partial charge in [-0.1, -0.05) is 0 Å². The number of benzene rings is 1. The first-order chi connectivity index (χ1) is 10.4. The van der Waals surface area contributed by atoms with Gasteiger partial charge in [0.2, 0.25) is 6.29 Å². The summed E-state index contributed by atoms with van der Waals surface area (Å²) in [5.41, 5.74) is -0.106. The molecule has 2 N–H and O–H groups in total. The topological polar surface area (TPSA) is 128 Å². The van der Waals surface area contributed by atoms with Crippen molar-refractivity contribution in [1.82, 2.24) is 0 Å². The average Bonchev–Trinajstić information content (AvgIpc) is 2.47. The first-order valence-electron chi connectivity index (χ1n) is 6.44. The first-order valence-corrected chi connectivity index (χ1v) is 6.44. The normalized spacial score (nSPS) is 28.0. The van der Waals surface area contributed by atoms with E-state index in [0.717, 1.165) is 6.92 Å². The van der Waals surface area contributed by atoms with Gasteiger partial charge in [0.05, 0.1) is 11.5 Å². The molecular weight excluding hydrogens is 298 g/mol. The molecule has 1 aliphatic rings. The Balaban J connectivity index is 2.05. The summed E-state index contributed by atoms with van der Waals surface area (Å²) in [6, 6.07) is 5.17. The minimum absolute atomic E-state index is 0.106. The van der Waals surface area contributed by atoms with Crippen LogP contribution in [0.2, 0.25) is 0 Å². The number of non-ortho nitro benzene ring substituents is 1. The Hall–Kier alpha value is -2.23. The van der Waals surface area contributed by atoms with Gasteiger partial charge in [-0.3, -0.25) is 14.9 Å². The van der Waals surface area contributed by atoms with Crippen molar-refractivity contribution in [3.05, 3.63) is 34.4 Å². The van der Waals surface area contributed by atoms with E-state index in [4.69, 9.17) is 14.2 Å². The SMILES string of the molecule is CC(=O)O[C@@H]1[C@@H](O)[C@H](Oc2ccc([N+](=O)[O-])cc2)OC[C@H]1O. The molecule has 1 aromatic carbocycles. The molecule has 0 amide bonds. The summed E-state index contributed by atoms with van der Waals surface area (Å²) in [7, 11) is 0. The summed E-state index contributed by atoms with van der Waals surface area (Å²) in [5.74, 6) is -0.424. The summed E-state index contributed by atoms with van der Waals surface area (Å²) < 4.78 is 15.4. The lowest BCUT2D eigenvalue weighted by molar-refractivity contribution is -0.384. The third-order valence-electron chi connectivity index (χ3n) is 3.03. The number of hydrogen-bond donors (Lipinski definition) is 2. The molecule has 22 heavy (non-hydrogen) atoms. The number of hydrogen-bond acceptors (Lipinski definition) is 8. The van der Waals surface area contributed by atoms with Gasteiger partial charge in [-0.2, -0.15) is 0 Å². The number of rotatable bonds is 4. The van der Waals surface area contributed by atoms with Gasteiger partial charge < -0.3 is 24.4 Å². The van der Waals surface area contributed by atoms with Crippen molar-refractivity contribution in [3.63, 3.8) is 0 Å². The molecule has 2 rings (SSSR count). The van der Waals surface area contributed by atoms with Crippen molar-refractivity contribution in [3.8, 4) is 5.75 Å². The highest BCUT2D eigenvalue weighted by atomic mass is 16.7. The predicted octanol–water partition coefficient (Wildman–Crippen LogP) is -0.0166. The van der Waals surface area contributed by atoms with E-state index in [2.05, 4.69) is 0 Å². The number of esters is 1. The summed E-state index contributed by atoms with van der Waals surface area (Å²) >= 11 is 0. The highest BCUT2D eigenvalue weighted by Gasteiger charge is 2.42. The van der Waals surface area contributed by atoms with Crippen LogP contribution in [0.4, 0.5) is 5.69 Å². The maximum Gasteiger partial charge on any atom is 0.303 e. The second kappa shape index (κ2) is 6.69. The van der Waals surface area contributed by atoms with Gasteiger partial charge in [0.1, 0.15) is 11.9 Å². The fourth-order valence-electron chi connectivity index (χ4n) is 1.99. The summed E-state index contributed by atoms with van der Waals surface area (Å²) in [5, 5.41) is 30.3. The zero-order chi connectivity index (χ0) is 16.3. The smallest absolute Gasteiger partial charge is 0.303 e. The Morgan fingerprint density at radius 3 is 2.55 bits per heavy atom. The number of nitro groups is 1. The molecule has 1 heterocycles. The van der Waals surface area contributed by atoms with Gasteiger partial charge in [0.15, 0.2) is 12.2 Å². The van der Waals surface area contributed by atoms with Crippen LogP contribution in [0, 0.1) is 10.1 Å². The maximum atomic E-state index is 11.0. The van der Waals surface area contributed by atoms with Crippen molar-refractivity contribution < 1.29 is 34.1 Å². The second-order valence-corrected chi connectivity index (χ2v) is 4.70. The molecule has 0 bridgehead atoms. The summed E-state index contributed by atoms with van der Waals surface area (Å²) in [6.45, 7) is 0.966. The largest absolute Gasteiger partial charge is 0.462 e. The van der Waals surface area contributed by atoms with Gasteiger partial charge in [0, 0.05) is 19.1 Å². The van der Waals surface area contributed by atoms with E-state index < -0.39 is 35.5 Å². The number of carbonyl (C=O) groups is 1. The minimum atomic E-state index is -1.40. The van der Waals surface area contributed by atoms with Crippen LogP contribution in [0.3, 0.4) is 0 Å². The number of ether oxygens (including phenoxy) is 3. The van der Waals surface area contributed by atoms with Gasteiger partial charge in [0.25, 0.3) is 5.69 Å². The van der Waals surface area contributed by atoms with Crippen LogP contribution in [-0.2, 0) is 14.3 Å². The van der Waals surface area contributed by atoms with Crippen molar-refractivity contribution in [1.29, 1.82) is 0 Å².